The Bertz CT molecular complexity index is 797. The molecule has 0 saturated carbocycles. The van der Waals surface area contributed by atoms with E-state index in [1.165, 1.54) is 35.2 Å². The number of likely N-dealkylation sites (N-methyl/N-ethyl adjacent to an activating group) is 1. The molecule has 1 aromatic heterocycles. The van der Waals surface area contributed by atoms with Crippen molar-refractivity contribution in [3.8, 4) is 0 Å². The van der Waals surface area contributed by atoms with Gasteiger partial charge < -0.3 is 4.90 Å². The average Bonchev–Trinajstić information content (AvgIpc) is 3.09. The van der Waals surface area contributed by atoms with Crippen molar-refractivity contribution in [2.45, 2.75) is 58.2 Å². The minimum Gasteiger partial charge on any atom is -0.338 e. The van der Waals surface area contributed by atoms with Gasteiger partial charge in [0.2, 0.25) is 5.91 Å². The molecule has 26 heavy (non-hydrogen) atoms. The van der Waals surface area contributed by atoms with Crippen LogP contribution >= 0.6 is 0 Å². The van der Waals surface area contributed by atoms with Gasteiger partial charge in [-0.05, 0) is 55.7 Å². The molecule has 1 aromatic carbocycles. The van der Waals surface area contributed by atoms with Gasteiger partial charge in [0.25, 0.3) is 0 Å². The monoisotopic (exact) mass is 352 g/mol. The summed E-state index contributed by atoms with van der Waals surface area (Å²) < 4.78 is 0. The standard InChI is InChI=1S/C21H28N4O/c1-15(25-12-11-16-7-3-4-8-17(16)13-25)21(26)24(2)14-20-18-9-5-6-10-19(18)22-23-20/h3-4,7-8,15H,5-6,9-14H2,1-2H3,(H,22,23). The van der Waals surface area contributed by atoms with Crippen LogP contribution in [0, 0.1) is 0 Å². The second-order valence-electron chi connectivity index (χ2n) is 7.69. The first kappa shape index (κ1) is 17.3. The van der Waals surface area contributed by atoms with E-state index in [0.717, 1.165) is 38.0 Å². The number of H-pyrrole nitrogens is 1. The van der Waals surface area contributed by atoms with Crippen LogP contribution in [0.15, 0.2) is 24.3 Å². The van der Waals surface area contributed by atoms with Gasteiger partial charge in [0, 0.05) is 25.8 Å². The Balaban J connectivity index is 1.41. The molecule has 2 heterocycles. The molecule has 0 fully saturated rings. The van der Waals surface area contributed by atoms with Gasteiger partial charge in [-0.2, -0.15) is 5.10 Å². The maximum atomic E-state index is 13.0. The molecule has 2 aliphatic rings. The highest BCUT2D eigenvalue weighted by atomic mass is 16.2. The van der Waals surface area contributed by atoms with Crippen LogP contribution < -0.4 is 0 Å². The summed E-state index contributed by atoms with van der Waals surface area (Å²) in [5, 5.41) is 7.67. The van der Waals surface area contributed by atoms with E-state index < -0.39 is 0 Å². The van der Waals surface area contributed by atoms with E-state index >= 15 is 0 Å². The molecule has 1 aliphatic carbocycles. The number of fused-ring (bicyclic) bond motifs is 2. The third-order valence-corrected chi connectivity index (χ3v) is 5.97. The molecule has 0 saturated heterocycles. The van der Waals surface area contributed by atoms with E-state index in [1.807, 2.05) is 18.9 Å². The zero-order valence-corrected chi connectivity index (χ0v) is 15.8. The molecular formula is C21H28N4O. The number of hydrogen-bond acceptors (Lipinski definition) is 3. The van der Waals surface area contributed by atoms with E-state index in [2.05, 4.69) is 39.4 Å². The van der Waals surface area contributed by atoms with Gasteiger partial charge >= 0.3 is 0 Å². The third kappa shape index (κ3) is 3.28. The van der Waals surface area contributed by atoms with Gasteiger partial charge in [-0.1, -0.05) is 24.3 Å². The van der Waals surface area contributed by atoms with Crippen LogP contribution in [0.3, 0.4) is 0 Å². The number of carbonyl (C=O) groups is 1. The predicted molar refractivity (Wildman–Crippen MR) is 102 cm³/mol. The van der Waals surface area contributed by atoms with Crippen LogP contribution in [0.2, 0.25) is 0 Å². The summed E-state index contributed by atoms with van der Waals surface area (Å²) in [5.41, 5.74) is 6.43. The molecule has 5 nitrogen and oxygen atoms in total. The summed E-state index contributed by atoms with van der Waals surface area (Å²) in [6.07, 6.45) is 5.65. The van der Waals surface area contributed by atoms with Crippen molar-refractivity contribution >= 4 is 5.91 Å². The van der Waals surface area contributed by atoms with Crippen LogP contribution in [0.1, 0.15) is 47.8 Å². The summed E-state index contributed by atoms with van der Waals surface area (Å²) in [7, 11) is 1.90. The van der Waals surface area contributed by atoms with Crippen molar-refractivity contribution in [3.63, 3.8) is 0 Å². The number of amides is 1. The Kier molecular flexibility index (Phi) is 4.81. The Morgan fingerprint density at radius 1 is 1.23 bits per heavy atom. The van der Waals surface area contributed by atoms with Gasteiger partial charge in [0.15, 0.2) is 0 Å². The van der Waals surface area contributed by atoms with E-state index in [4.69, 9.17) is 0 Å². The molecule has 0 bridgehead atoms. The van der Waals surface area contributed by atoms with E-state index in [1.54, 1.807) is 0 Å². The summed E-state index contributed by atoms with van der Waals surface area (Å²) in [6, 6.07) is 8.45. The molecule has 138 valence electrons. The normalized spacial score (nSPS) is 18.1. The van der Waals surface area contributed by atoms with Crippen molar-refractivity contribution < 1.29 is 4.79 Å². The molecule has 1 amide bonds. The number of aromatic nitrogens is 2. The first-order chi connectivity index (χ1) is 12.6. The van der Waals surface area contributed by atoms with Crippen molar-refractivity contribution in [2.24, 2.45) is 0 Å². The molecule has 5 heteroatoms. The lowest BCUT2D eigenvalue weighted by Gasteiger charge is -2.34. The molecular weight excluding hydrogens is 324 g/mol. The van der Waals surface area contributed by atoms with Crippen LogP contribution in [-0.2, 0) is 37.1 Å². The smallest absolute Gasteiger partial charge is 0.239 e. The fourth-order valence-electron chi connectivity index (χ4n) is 4.31. The third-order valence-electron chi connectivity index (χ3n) is 5.97. The summed E-state index contributed by atoms with van der Waals surface area (Å²) in [6.45, 7) is 4.43. The lowest BCUT2D eigenvalue weighted by atomic mass is 9.96. The van der Waals surface area contributed by atoms with Crippen LogP contribution in [-0.4, -0.2) is 45.5 Å². The number of rotatable bonds is 4. The summed E-state index contributed by atoms with van der Waals surface area (Å²) >= 11 is 0. The lowest BCUT2D eigenvalue weighted by Crippen LogP contribution is -2.47. The molecule has 1 unspecified atom stereocenters. The largest absolute Gasteiger partial charge is 0.338 e. The van der Waals surface area contributed by atoms with Crippen molar-refractivity contribution in [3.05, 3.63) is 52.3 Å². The van der Waals surface area contributed by atoms with Gasteiger partial charge in [-0.25, -0.2) is 0 Å². The van der Waals surface area contributed by atoms with Crippen LogP contribution in [0.5, 0.6) is 0 Å². The number of nitrogens with zero attached hydrogens (tertiary/aromatic N) is 3. The molecule has 2 aromatic rings. The highest BCUT2D eigenvalue weighted by Crippen LogP contribution is 2.24. The van der Waals surface area contributed by atoms with E-state index in [9.17, 15) is 4.79 Å². The first-order valence-corrected chi connectivity index (χ1v) is 9.74. The maximum Gasteiger partial charge on any atom is 0.239 e. The average molecular weight is 352 g/mol. The molecule has 1 N–H and O–H groups in total. The Hall–Kier alpha value is -2.14. The van der Waals surface area contributed by atoms with Crippen molar-refractivity contribution in [2.75, 3.05) is 13.6 Å². The second-order valence-corrected chi connectivity index (χ2v) is 7.69. The minimum absolute atomic E-state index is 0.108. The molecule has 1 atom stereocenters. The zero-order valence-electron chi connectivity index (χ0n) is 15.8. The number of aryl methyl sites for hydroxylation is 1. The topological polar surface area (TPSA) is 52.2 Å². The second kappa shape index (κ2) is 7.23. The first-order valence-electron chi connectivity index (χ1n) is 9.74. The highest BCUT2D eigenvalue weighted by molar-refractivity contribution is 5.81. The summed E-state index contributed by atoms with van der Waals surface area (Å²) in [5.74, 6) is 0.178. The minimum atomic E-state index is -0.108. The number of nitrogens with one attached hydrogen (secondary N) is 1. The quantitative estimate of drug-likeness (QED) is 0.920. The molecule has 0 radical (unpaired) electrons. The predicted octanol–water partition coefficient (Wildman–Crippen LogP) is 2.69. The van der Waals surface area contributed by atoms with Gasteiger partial charge in [0.05, 0.1) is 18.3 Å². The Morgan fingerprint density at radius 3 is 2.85 bits per heavy atom. The fraction of sp³-hybridized carbons (Fsp3) is 0.524. The van der Waals surface area contributed by atoms with Crippen LogP contribution in [0.4, 0.5) is 0 Å². The number of benzene rings is 1. The van der Waals surface area contributed by atoms with Crippen molar-refractivity contribution in [1.29, 1.82) is 0 Å². The van der Waals surface area contributed by atoms with E-state index in [0.29, 0.717) is 6.54 Å². The van der Waals surface area contributed by atoms with E-state index in [-0.39, 0.29) is 11.9 Å². The SMILES string of the molecule is CC(C(=O)N(C)Cc1n[nH]c2c1CCCC2)N1CCc2ccccc2C1. The maximum absolute atomic E-state index is 13.0. The fourth-order valence-corrected chi connectivity index (χ4v) is 4.31. The number of carbonyl (C=O) groups excluding carboxylic acids is 1. The molecule has 0 spiro atoms. The van der Waals surface area contributed by atoms with Crippen LogP contribution in [0.25, 0.3) is 0 Å². The lowest BCUT2D eigenvalue weighted by molar-refractivity contribution is -0.136. The number of hydrogen-bond donors (Lipinski definition) is 1. The Labute approximate surface area is 155 Å². The van der Waals surface area contributed by atoms with Gasteiger partial charge in [-0.3, -0.25) is 14.8 Å². The molecule has 1 aliphatic heterocycles. The Morgan fingerprint density at radius 2 is 2.00 bits per heavy atom. The summed E-state index contributed by atoms with van der Waals surface area (Å²) in [4.78, 5) is 17.1. The van der Waals surface area contributed by atoms with Crippen molar-refractivity contribution in [1.82, 2.24) is 20.0 Å². The van der Waals surface area contributed by atoms with Gasteiger partial charge in [-0.15, -0.1) is 0 Å². The number of aromatic amines is 1. The zero-order chi connectivity index (χ0) is 18.1. The highest BCUT2D eigenvalue weighted by Gasteiger charge is 2.28. The van der Waals surface area contributed by atoms with Gasteiger partial charge in [0.1, 0.15) is 0 Å². The molecule has 4 rings (SSSR count).